The lowest BCUT2D eigenvalue weighted by molar-refractivity contribution is -0.124. The van der Waals surface area contributed by atoms with Crippen molar-refractivity contribution < 1.29 is 9.90 Å². The lowest BCUT2D eigenvalue weighted by Gasteiger charge is -2.38. The van der Waals surface area contributed by atoms with Crippen molar-refractivity contribution in [2.75, 3.05) is 19.6 Å². The summed E-state index contributed by atoms with van der Waals surface area (Å²) in [5.41, 5.74) is 1.25. The minimum Gasteiger partial charge on any atom is -0.393 e. The first-order valence-electron chi connectivity index (χ1n) is 9.44. The number of likely N-dealkylation sites (tertiary alicyclic amines) is 1. The predicted octanol–water partition coefficient (Wildman–Crippen LogP) is 2.36. The van der Waals surface area contributed by atoms with Crippen molar-refractivity contribution in [3.8, 4) is 0 Å². The monoisotopic (exact) mass is 330 g/mol. The van der Waals surface area contributed by atoms with Crippen molar-refractivity contribution in [2.45, 2.75) is 57.1 Å². The molecule has 4 nitrogen and oxygen atoms in total. The molecule has 1 aliphatic carbocycles. The lowest BCUT2D eigenvalue weighted by Crippen LogP contribution is -2.50. The van der Waals surface area contributed by atoms with Crippen molar-refractivity contribution in [2.24, 2.45) is 5.92 Å². The third kappa shape index (κ3) is 5.05. The van der Waals surface area contributed by atoms with Crippen LogP contribution in [0.25, 0.3) is 0 Å². The Morgan fingerprint density at radius 3 is 2.42 bits per heavy atom. The van der Waals surface area contributed by atoms with E-state index >= 15 is 0 Å². The van der Waals surface area contributed by atoms with Gasteiger partial charge in [0.25, 0.3) is 0 Å². The summed E-state index contributed by atoms with van der Waals surface area (Å²) in [6, 6.07) is 10.5. The van der Waals surface area contributed by atoms with Crippen LogP contribution in [0, 0.1) is 5.92 Å². The molecule has 0 bridgehead atoms. The second-order valence-electron chi connectivity index (χ2n) is 7.44. The predicted molar refractivity (Wildman–Crippen MR) is 95.7 cm³/mol. The van der Waals surface area contributed by atoms with Crippen molar-refractivity contribution in [1.29, 1.82) is 0 Å². The number of carbonyl (C=O) groups is 1. The van der Waals surface area contributed by atoms with Crippen LogP contribution in [0.3, 0.4) is 0 Å². The van der Waals surface area contributed by atoms with Crippen molar-refractivity contribution in [1.82, 2.24) is 10.2 Å². The molecule has 1 amide bonds. The number of rotatable bonds is 6. The van der Waals surface area contributed by atoms with Gasteiger partial charge in [0.15, 0.2) is 0 Å². The minimum atomic E-state index is -0.184. The summed E-state index contributed by atoms with van der Waals surface area (Å²) in [5, 5.41) is 12.9. The highest BCUT2D eigenvalue weighted by Crippen LogP contribution is 2.31. The van der Waals surface area contributed by atoms with E-state index in [4.69, 9.17) is 0 Å². The van der Waals surface area contributed by atoms with Crippen LogP contribution in [0.2, 0.25) is 0 Å². The molecule has 1 aromatic carbocycles. The fourth-order valence-corrected chi connectivity index (χ4v) is 3.91. The molecule has 4 heteroatoms. The zero-order chi connectivity index (χ0) is 16.8. The van der Waals surface area contributed by atoms with Crippen LogP contribution in [-0.2, 0) is 11.2 Å². The summed E-state index contributed by atoms with van der Waals surface area (Å²) < 4.78 is 0. The Bertz CT molecular complexity index is 506. The first kappa shape index (κ1) is 17.4. The highest BCUT2D eigenvalue weighted by atomic mass is 16.3. The number of hydrogen-bond acceptors (Lipinski definition) is 3. The third-order valence-corrected chi connectivity index (χ3v) is 5.43. The molecule has 0 unspecified atom stereocenters. The molecule has 2 fully saturated rings. The van der Waals surface area contributed by atoms with Crippen LogP contribution in [0.1, 0.15) is 44.1 Å². The van der Waals surface area contributed by atoms with Crippen molar-refractivity contribution in [3.63, 3.8) is 0 Å². The zero-order valence-corrected chi connectivity index (χ0v) is 14.5. The molecular formula is C20H30N2O2. The number of aliphatic hydroxyl groups is 1. The molecule has 1 saturated carbocycles. The van der Waals surface area contributed by atoms with E-state index in [2.05, 4.69) is 22.3 Å². The number of amides is 1. The van der Waals surface area contributed by atoms with Gasteiger partial charge in [-0.05, 0) is 56.7 Å². The van der Waals surface area contributed by atoms with Gasteiger partial charge in [-0.2, -0.15) is 0 Å². The summed E-state index contributed by atoms with van der Waals surface area (Å²) in [4.78, 5) is 14.8. The Hall–Kier alpha value is -1.39. The number of benzene rings is 1. The topological polar surface area (TPSA) is 52.6 Å². The summed E-state index contributed by atoms with van der Waals surface area (Å²) in [6.07, 6.45) is 7.26. The maximum Gasteiger partial charge on any atom is 0.234 e. The first-order valence-corrected chi connectivity index (χ1v) is 9.44. The highest BCUT2D eigenvalue weighted by molar-refractivity contribution is 5.78. The quantitative estimate of drug-likeness (QED) is 0.842. The van der Waals surface area contributed by atoms with E-state index in [1.165, 1.54) is 31.2 Å². The van der Waals surface area contributed by atoms with E-state index in [9.17, 15) is 9.90 Å². The first-order chi connectivity index (χ1) is 11.7. The Morgan fingerprint density at radius 1 is 1.12 bits per heavy atom. The largest absolute Gasteiger partial charge is 0.393 e. The van der Waals surface area contributed by atoms with Gasteiger partial charge < -0.3 is 10.4 Å². The lowest BCUT2D eigenvalue weighted by atomic mass is 9.75. The fourth-order valence-electron chi connectivity index (χ4n) is 3.91. The molecule has 1 aliphatic heterocycles. The number of nitrogens with zero attached hydrogens (tertiary/aromatic N) is 1. The molecular weight excluding hydrogens is 300 g/mol. The van der Waals surface area contributed by atoms with Crippen LogP contribution in [-0.4, -0.2) is 47.7 Å². The van der Waals surface area contributed by atoms with Crippen LogP contribution < -0.4 is 5.32 Å². The van der Waals surface area contributed by atoms with Gasteiger partial charge in [-0.15, -0.1) is 0 Å². The second kappa shape index (κ2) is 8.63. The van der Waals surface area contributed by atoms with Crippen LogP contribution >= 0.6 is 0 Å². The van der Waals surface area contributed by atoms with Crippen molar-refractivity contribution in [3.05, 3.63) is 35.9 Å². The van der Waals surface area contributed by atoms with Gasteiger partial charge in [0.05, 0.1) is 12.6 Å². The number of nitrogens with one attached hydrogen (secondary N) is 1. The van der Waals surface area contributed by atoms with Gasteiger partial charge in [0, 0.05) is 6.04 Å². The average Bonchev–Trinajstić information content (AvgIpc) is 2.81. The zero-order valence-electron chi connectivity index (χ0n) is 14.5. The number of carbonyl (C=O) groups excluding carboxylic acids is 1. The Kier molecular flexibility index (Phi) is 6.27. The van der Waals surface area contributed by atoms with Crippen LogP contribution in [0.15, 0.2) is 30.3 Å². The Morgan fingerprint density at radius 2 is 1.79 bits per heavy atom. The molecule has 1 saturated heterocycles. The SMILES string of the molecule is O=C(CN1CCCCCC1)N[C@@H](Cc1ccccc1)C1CC(O)C1. The molecule has 3 rings (SSSR count). The van der Waals surface area contributed by atoms with E-state index in [0.717, 1.165) is 32.4 Å². The standard InChI is InChI=1S/C20H30N2O2/c23-18-13-17(14-18)19(12-16-8-4-3-5-9-16)21-20(24)15-22-10-6-1-2-7-11-22/h3-5,8-9,17-19,23H,1-2,6-7,10-15H2,(H,21,24)/t17?,18?,19-/m0/s1. The van der Waals surface area contributed by atoms with Crippen LogP contribution in [0.4, 0.5) is 0 Å². The van der Waals surface area contributed by atoms with Crippen molar-refractivity contribution >= 4 is 5.91 Å². The van der Waals surface area contributed by atoms with E-state index in [-0.39, 0.29) is 18.1 Å². The summed E-state index contributed by atoms with van der Waals surface area (Å²) in [5.74, 6) is 0.535. The van der Waals surface area contributed by atoms with E-state index in [0.29, 0.717) is 12.5 Å². The molecule has 1 atom stereocenters. The smallest absolute Gasteiger partial charge is 0.234 e. The third-order valence-electron chi connectivity index (χ3n) is 5.43. The minimum absolute atomic E-state index is 0.135. The summed E-state index contributed by atoms with van der Waals surface area (Å²) >= 11 is 0. The van der Waals surface area contributed by atoms with Gasteiger partial charge in [0.2, 0.25) is 5.91 Å². The van der Waals surface area contributed by atoms with Gasteiger partial charge in [-0.3, -0.25) is 9.69 Å². The maximum atomic E-state index is 12.5. The molecule has 1 heterocycles. The van der Waals surface area contributed by atoms with Gasteiger partial charge >= 0.3 is 0 Å². The molecule has 0 spiro atoms. The fraction of sp³-hybridized carbons (Fsp3) is 0.650. The summed E-state index contributed by atoms with van der Waals surface area (Å²) in [6.45, 7) is 2.60. The molecule has 0 radical (unpaired) electrons. The van der Waals surface area contributed by atoms with Gasteiger partial charge in [0.1, 0.15) is 0 Å². The molecule has 132 valence electrons. The second-order valence-corrected chi connectivity index (χ2v) is 7.44. The maximum absolute atomic E-state index is 12.5. The number of hydrogen-bond donors (Lipinski definition) is 2. The molecule has 24 heavy (non-hydrogen) atoms. The summed E-state index contributed by atoms with van der Waals surface area (Å²) in [7, 11) is 0. The van der Waals surface area contributed by atoms with E-state index in [1.807, 2.05) is 18.2 Å². The van der Waals surface area contributed by atoms with E-state index in [1.54, 1.807) is 0 Å². The van der Waals surface area contributed by atoms with Gasteiger partial charge in [-0.25, -0.2) is 0 Å². The highest BCUT2D eigenvalue weighted by Gasteiger charge is 2.34. The molecule has 2 aliphatic rings. The molecule has 1 aromatic rings. The normalized spacial score (nSPS) is 26.2. The van der Waals surface area contributed by atoms with Gasteiger partial charge in [-0.1, -0.05) is 43.2 Å². The van der Waals surface area contributed by atoms with E-state index < -0.39 is 0 Å². The Balaban J connectivity index is 1.55. The molecule has 2 N–H and O–H groups in total. The molecule has 0 aromatic heterocycles. The average molecular weight is 330 g/mol. The number of aliphatic hydroxyl groups excluding tert-OH is 1. The Labute approximate surface area is 145 Å². The van der Waals surface area contributed by atoms with Crippen LogP contribution in [0.5, 0.6) is 0 Å².